The molecule has 2 N–H and O–H groups in total. The summed E-state index contributed by atoms with van der Waals surface area (Å²) in [6.07, 6.45) is 2.58. The maximum absolute atomic E-state index is 13.8. The monoisotopic (exact) mass is 486 g/mol. The largest absolute Gasteiger partial charge is 0.497 e. The van der Waals surface area contributed by atoms with E-state index in [1.165, 1.54) is 0 Å². The van der Waals surface area contributed by atoms with E-state index in [1.807, 2.05) is 66.7 Å². The van der Waals surface area contributed by atoms with Crippen molar-refractivity contribution in [3.63, 3.8) is 0 Å². The molecule has 1 unspecified atom stereocenters. The average molecular weight is 487 g/mol. The number of ether oxygens (including phenoxy) is 3. The summed E-state index contributed by atoms with van der Waals surface area (Å²) in [6.45, 7) is 2.50. The summed E-state index contributed by atoms with van der Waals surface area (Å²) in [6, 6.07) is 22.1. The molecule has 0 spiro atoms. The van der Waals surface area contributed by atoms with Crippen LogP contribution >= 0.6 is 0 Å². The Kier molecular flexibility index (Phi) is 8.24. The molecule has 0 aliphatic heterocycles. The number of anilines is 1. The molecule has 0 fully saturated rings. The predicted molar refractivity (Wildman–Crippen MR) is 140 cm³/mol. The lowest BCUT2D eigenvalue weighted by Crippen LogP contribution is -2.21. The first-order chi connectivity index (χ1) is 17.6. The summed E-state index contributed by atoms with van der Waals surface area (Å²) < 4.78 is 16.3. The minimum Gasteiger partial charge on any atom is -0.497 e. The normalized spacial score (nSPS) is 11.6. The molecule has 0 saturated heterocycles. The number of Topliss-reactive ketones (excluding diaryl/α,β-unsaturated/α-hetero) is 1. The van der Waals surface area contributed by atoms with Crippen LogP contribution < -0.4 is 14.8 Å². The van der Waals surface area contributed by atoms with Crippen LogP contribution in [0.5, 0.6) is 11.5 Å². The smallest absolute Gasteiger partial charge is 0.305 e. The average Bonchev–Trinajstić information content (AvgIpc) is 3.34. The molecule has 0 aliphatic carbocycles. The van der Waals surface area contributed by atoms with Crippen LogP contribution in [0.25, 0.3) is 10.9 Å². The number of nitrogens with one attached hydrogen (secondary N) is 2. The molecule has 4 rings (SSSR count). The van der Waals surface area contributed by atoms with Crippen LogP contribution in [0, 0.1) is 0 Å². The van der Waals surface area contributed by atoms with Crippen molar-refractivity contribution in [3.8, 4) is 11.5 Å². The fourth-order valence-electron chi connectivity index (χ4n) is 4.04. The zero-order valence-corrected chi connectivity index (χ0v) is 20.5. The molecule has 0 bridgehead atoms. The molecule has 36 heavy (non-hydrogen) atoms. The lowest BCUT2D eigenvalue weighted by atomic mass is 9.96. The number of aromatic amines is 1. The minimum atomic E-state index is -0.630. The van der Waals surface area contributed by atoms with E-state index in [9.17, 15) is 9.59 Å². The van der Waals surface area contributed by atoms with Gasteiger partial charge in [0.25, 0.3) is 0 Å². The molecule has 7 heteroatoms. The summed E-state index contributed by atoms with van der Waals surface area (Å²) in [5.74, 6) is 0.868. The highest BCUT2D eigenvalue weighted by Gasteiger charge is 2.25. The highest BCUT2D eigenvalue weighted by Crippen LogP contribution is 2.32. The second-order valence-electron chi connectivity index (χ2n) is 8.25. The molecule has 1 aromatic heterocycles. The highest BCUT2D eigenvalue weighted by molar-refractivity contribution is 6.11. The van der Waals surface area contributed by atoms with Crippen LogP contribution in [0.3, 0.4) is 0 Å². The van der Waals surface area contributed by atoms with Crippen LogP contribution in [-0.2, 0) is 9.53 Å². The molecule has 0 amide bonds. The molecular formula is C29H30N2O5. The van der Waals surface area contributed by atoms with Crippen molar-refractivity contribution in [1.29, 1.82) is 0 Å². The Balaban J connectivity index is 1.57. The van der Waals surface area contributed by atoms with Gasteiger partial charge in [0.2, 0.25) is 0 Å². The number of esters is 1. The van der Waals surface area contributed by atoms with E-state index in [4.69, 9.17) is 14.2 Å². The van der Waals surface area contributed by atoms with Gasteiger partial charge in [-0.15, -0.1) is 0 Å². The number of para-hydroxylation sites is 1. The second-order valence-corrected chi connectivity index (χ2v) is 8.25. The second kappa shape index (κ2) is 11.9. The Morgan fingerprint density at radius 2 is 1.72 bits per heavy atom. The Bertz CT molecular complexity index is 1320. The molecule has 4 aromatic rings. The Labute approximate surface area is 210 Å². The number of ketones is 1. The fourth-order valence-corrected chi connectivity index (χ4v) is 4.04. The number of aromatic nitrogens is 1. The van der Waals surface area contributed by atoms with E-state index < -0.39 is 6.04 Å². The van der Waals surface area contributed by atoms with E-state index in [-0.39, 0.29) is 18.2 Å². The van der Waals surface area contributed by atoms with Crippen molar-refractivity contribution in [2.24, 2.45) is 0 Å². The molecule has 0 aliphatic rings. The summed E-state index contributed by atoms with van der Waals surface area (Å²) in [7, 11) is 1.58. The Morgan fingerprint density at radius 1 is 0.972 bits per heavy atom. The fraction of sp³-hybridized carbons (Fsp3) is 0.241. The van der Waals surface area contributed by atoms with E-state index in [2.05, 4.69) is 10.3 Å². The van der Waals surface area contributed by atoms with Crippen LogP contribution in [0.1, 0.15) is 41.7 Å². The van der Waals surface area contributed by atoms with Gasteiger partial charge in [0.15, 0.2) is 5.78 Å². The van der Waals surface area contributed by atoms with Crippen LogP contribution in [0.15, 0.2) is 79.0 Å². The number of rotatable bonds is 12. The van der Waals surface area contributed by atoms with Gasteiger partial charge in [-0.3, -0.25) is 9.59 Å². The highest BCUT2D eigenvalue weighted by atomic mass is 16.5. The van der Waals surface area contributed by atoms with Crippen molar-refractivity contribution in [1.82, 2.24) is 4.98 Å². The third-order valence-electron chi connectivity index (χ3n) is 5.78. The van der Waals surface area contributed by atoms with E-state index in [0.717, 1.165) is 16.5 Å². The van der Waals surface area contributed by atoms with Crippen molar-refractivity contribution in [2.45, 2.75) is 25.8 Å². The number of carbonyl (C=O) groups excluding carboxylic acids is 2. The molecule has 186 valence electrons. The van der Waals surface area contributed by atoms with Crippen molar-refractivity contribution >= 4 is 28.3 Å². The van der Waals surface area contributed by atoms with Gasteiger partial charge in [0, 0.05) is 53.0 Å². The first kappa shape index (κ1) is 24.9. The molecule has 0 saturated carbocycles. The number of hydrogen-bond acceptors (Lipinski definition) is 6. The number of hydrogen-bond donors (Lipinski definition) is 2. The van der Waals surface area contributed by atoms with E-state index in [0.29, 0.717) is 42.4 Å². The van der Waals surface area contributed by atoms with Crippen LogP contribution in [0.2, 0.25) is 0 Å². The van der Waals surface area contributed by atoms with Crippen LogP contribution in [0.4, 0.5) is 5.69 Å². The first-order valence-electron chi connectivity index (χ1n) is 12.0. The van der Waals surface area contributed by atoms with Gasteiger partial charge in [-0.25, -0.2) is 0 Å². The van der Waals surface area contributed by atoms with Gasteiger partial charge in [-0.1, -0.05) is 48.5 Å². The summed E-state index contributed by atoms with van der Waals surface area (Å²) in [5.41, 5.74) is 3.04. The summed E-state index contributed by atoms with van der Waals surface area (Å²) in [5, 5.41) is 4.27. The van der Waals surface area contributed by atoms with Gasteiger partial charge < -0.3 is 24.5 Å². The first-order valence-corrected chi connectivity index (χ1v) is 12.0. The minimum absolute atomic E-state index is 0.0571. The number of H-pyrrole nitrogens is 1. The van der Waals surface area contributed by atoms with Crippen LogP contribution in [-0.4, -0.2) is 37.1 Å². The lowest BCUT2D eigenvalue weighted by molar-refractivity contribution is -0.143. The van der Waals surface area contributed by atoms with Crippen molar-refractivity contribution < 1.29 is 23.8 Å². The number of fused-ring (bicyclic) bond motifs is 1. The predicted octanol–water partition coefficient (Wildman–Crippen LogP) is 5.93. The standard InChI is InChI=1S/C29H30N2O5/c1-3-35-27(32)14-9-15-36-23-17-21(16-22(18-23)34-2)31-28(20-10-5-4-6-11-20)29(33)25-19-30-26-13-8-7-12-24(25)26/h4-8,10-13,16-19,28,30-31H,3,9,14-15H2,1-2H3. The molecule has 0 radical (unpaired) electrons. The van der Waals surface area contributed by atoms with Gasteiger partial charge in [0.05, 0.1) is 20.3 Å². The zero-order valence-electron chi connectivity index (χ0n) is 20.5. The zero-order chi connectivity index (χ0) is 25.3. The van der Waals surface area contributed by atoms with Gasteiger partial charge >= 0.3 is 5.97 Å². The summed E-state index contributed by atoms with van der Waals surface area (Å²) in [4.78, 5) is 28.6. The van der Waals surface area contributed by atoms with Crippen molar-refractivity contribution in [3.05, 3.63) is 90.1 Å². The van der Waals surface area contributed by atoms with Crippen molar-refractivity contribution in [2.75, 3.05) is 25.6 Å². The molecule has 1 heterocycles. The quantitative estimate of drug-likeness (QED) is 0.146. The van der Waals surface area contributed by atoms with Gasteiger partial charge in [-0.2, -0.15) is 0 Å². The Morgan fingerprint density at radius 3 is 2.50 bits per heavy atom. The van der Waals surface area contributed by atoms with Gasteiger partial charge in [-0.05, 0) is 25.0 Å². The third-order valence-corrected chi connectivity index (χ3v) is 5.78. The molecule has 1 atom stereocenters. The Hall–Kier alpha value is -4.26. The number of benzene rings is 3. The third kappa shape index (κ3) is 6.05. The number of methoxy groups -OCH3 is 1. The summed E-state index contributed by atoms with van der Waals surface area (Å²) >= 11 is 0. The van der Waals surface area contributed by atoms with E-state index >= 15 is 0 Å². The lowest BCUT2D eigenvalue weighted by Gasteiger charge is -2.20. The molecule has 7 nitrogen and oxygen atoms in total. The molecule has 3 aromatic carbocycles. The topological polar surface area (TPSA) is 89.6 Å². The SMILES string of the molecule is CCOC(=O)CCCOc1cc(NC(C(=O)c2c[nH]c3ccccc23)c2ccccc2)cc(OC)c1. The maximum Gasteiger partial charge on any atom is 0.305 e. The van der Waals surface area contributed by atoms with Gasteiger partial charge in [0.1, 0.15) is 17.5 Å². The maximum atomic E-state index is 13.8. The van der Waals surface area contributed by atoms with E-state index in [1.54, 1.807) is 26.3 Å². The molecular weight excluding hydrogens is 456 g/mol. The number of carbonyl (C=O) groups is 2.